The molecule has 0 unspecified atom stereocenters. The van der Waals surface area contributed by atoms with Gasteiger partial charge in [-0.05, 0) is 12.8 Å². The Morgan fingerprint density at radius 2 is 1.75 bits per heavy atom. The van der Waals surface area contributed by atoms with Crippen molar-refractivity contribution in [1.82, 2.24) is 5.32 Å². The molecule has 0 aromatic carbocycles. The Kier molecular flexibility index (Phi) is 3.08. The van der Waals surface area contributed by atoms with Gasteiger partial charge in [0.25, 0.3) is 0 Å². The van der Waals surface area contributed by atoms with E-state index in [1.54, 1.807) is 0 Å². The van der Waals surface area contributed by atoms with E-state index in [0.29, 0.717) is 0 Å². The molecule has 0 bridgehead atoms. The first-order valence-corrected chi connectivity index (χ1v) is 4.30. The van der Waals surface area contributed by atoms with Crippen molar-refractivity contribution in [2.24, 2.45) is 11.7 Å². The van der Waals surface area contributed by atoms with Gasteiger partial charge in [0.1, 0.15) is 0 Å². The van der Waals surface area contributed by atoms with E-state index in [1.807, 2.05) is 0 Å². The number of urea groups is 1. The highest BCUT2D eigenvalue weighted by Gasteiger charge is 2.21. The standard InChI is InChI=1S/C8H14N2O2/c9-8(12)10-7(11)6-4-2-1-3-5-6/h6H,1-5H2,(H3,9,10,11,12). The van der Waals surface area contributed by atoms with E-state index in [1.165, 1.54) is 6.42 Å². The second kappa shape index (κ2) is 4.09. The second-order valence-electron chi connectivity index (χ2n) is 3.19. The molecule has 0 aromatic rings. The predicted octanol–water partition coefficient (Wildman–Crippen LogP) is 0.762. The smallest absolute Gasteiger partial charge is 0.318 e. The average molecular weight is 170 g/mol. The van der Waals surface area contributed by atoms with Crippen molar-refractivity contribution in [3.8, 4) is 0 Å². The number of primary amides is 1. The maximum atomic E-state index is 11.2. The van der Waals surface area contributed by atoms with E-state index in [2.05, 4.69) is 5.32 Å². The summed E-state index contributed by atoms with van der Waals surface area (Å²) < 4.78 is 0. The Balaban J connectivity index is 2.34. The molecular formula is C8H14N2O2. The van der Waals surface area contributed by atoms with E-state index in [4.69, 9.17) is 5.73 Å². The van der Waals surface area contributed by atoms with E-state index in [0.717, 1.165) is 25.7 Å². The zero-order valence-electron chi connectivity index (χ0n) is 7.01. The first-order chi connectivity index (χ1) is 5.70. The van der Waals surface area contributed by atoms with Gasteiger partial charge in [-0.1, -0.05) is 19.3 Å². The third-order valence-corrected chi connectivity index (χ3v) is 2.22. The zero-order valence-corrected chi connectivity index (χ0v) is 7.01. The quantitative estimate of drug-likeness (QED) is 0.609. The molecule has 0 heterocycles. The number of hydrogen-bond acceptors (Lipinski definition) is 2. The van der Waals surface area contributed by atoms with Gasteiger partial charge in [0.2, 0.25) is 5.91 Å². The Hall–Kier alpha value is -1.06. The van der Waals surface area contributed by atoms with Crippen LogP contribution in [-0.4, -0.2) is 11.9 Å². The molecule has 0 spiro atoms. The Labute approximate surface area is 71.5 Å². The van der Waals surface area contributed by atoms with Crippen LogP contribution in [0.5, 0.6) is 0 Å². The third kappa shape index (κ3) is 2.53. The van der Waals surface area contributed by atoms with Crippen LogP contribution >= 0.6 is 0 Å². The molecule has 68 valence electrons. The highest BCUT2D eigenvalue weighted by atomic mass is 16.2. The summed E-state index contributed by atoms with van der Waals surface area (Å²) in [7, 11) is 0. The van der Waals surface area contributed by atoms with Crippen molar-refractivity contribution in [3.05, 3.63) is 0 Å². The summed E-state index contributed by atoms with van der Waals surface area (Å²) >= 11 is 0. The number of carbonyl (C=O) groups excluding carboxylic acids is 2. The summed E-state index contributed by atoms with van der Waals surface area (Å²) in [4.78, 5) is 21.5. The zero-order chi connectivity index (χ0) is 8.97. The third-order valence-electron chi connectivity index (χ3n) is 2.22. The van der Waals surface area contributed by atoms with Crippen molar-refractivity contribution in [3.63, 3.8) is 0 Å². The molecule has 1 fully saturated rings. The molecular weight excluding hydrogens is 156 g/mol. The maximum absolute atomic E-state index is 11.2. The topological polar surface area (TPSA) is 72.2 Å². The van der Waals surface area contributed by atoms with Gasteiger partial charge in [-0.3, -0.25) is 10.1 Å². The lowest BCUT2D eigenvalue weighted by Gasteiger charge is -2.19. The maximum Gasteiger partial charge on any atom is 0.318 e. The van der Waals surface area contributed by atoms with Gasteiger partial charge >= 0.3 is 6.03 Å². The number of hydrogen-bond donors (Lipinski definition) is 2. The van der Waals surface area contributed by atoms with Crippen LogP contribution in [0.25, 0.3) is 0 Å². The van der Waals surface area contributed by atoms with E-state index in [9.17, 15) is 9.59 Å². The molecule has 0 saturated heterocycles. The average Bonchev–Trinajstić information content (AvgIpc) is 2.05. The van der Waals surface area contributed by atoms with Gasteiger partial charge in [0.05, 0.1) is 0 Å². The molecule has 1 aliphatic carbocycles. The van der Waals surface area contributed by atoms with Gasteiger partial charge in [0, 0.05) is 5.92 Å². The second-order valence-corrected chi connectivity index (χ2v) is 3.19. The highest BCUT2D eigenvalue weighted by Crippen LogP contribution is 2.23. The Bertz CT molecular complexity index is 185. The van der Waals surface area contributed by atoms with Crippen LogP contribution in [0.3, 0.4) is 0 Å². The van der Waals surface area contributed by atoms with Crippen molar-refractivity contribution < 1.29 is 9.59 Å². The molecule has 3 N–H and O–H groups in total. The first kappa shape index (κ1) is 9.03. The fourth-order valence-electron chi connectivity index (χ4n) is 1.59. The number of amides is 3. The lowest BCUT2D eigenvalue weighted by Crippen LogP contribution is -2.39. The lowest BCUT2D eigenvalue weighted by atomic mass is 9.89. The monoisotopic (exact) mass is 170 g/mol. The lowest BCUT2D eigenvalue weighted by molar-refractivity contribution is -0.124. The summed E-state index contributed by atoms with van der Waals surface area (Å²) in [6, 6.07) is -0.745. The number of nitrogens with two attached hydrogens (primary N) is 1. The van der Waals surface area contributed by atoms with E-state index < -0.39 is 6.03 Å². The van der Waals surface area contributed by atoms with E-state index in [-0.39, 0.29) is 11.8 Å². The fraction of sp³-hybridized carbons (Fsp3) is 0.750. The number of nitrogens with one attached hydrogen (secondary N) is 1. The number of carbonyl (C=O) groups is 2. The van der Waals surface area contributed by atoms with Crippen LogP contribution in [0.2, 0.25) is 0 Å². The fourth-order valence-corrected chi connectivity index (χ4v) is 1.59. The van der Waals surface area contributed by atoms with Gasteiger partial charge < -0.3 is 5.73 Å². The molecule has 0 radical (unpaired) electrons. The van der Waals surface area contributed by atoms with Crippen LogP contribution in [0.15, 0.2) is 0 Å². The van der Waals surface area contributed by atoms with E-state index >= 15 is 0 Å². The van der Waals surface area contributed by atoms with Gasteiger partial charge in [-0.15, -0.1) is 0 Å². The van der Waals surface area contributed by atoms with Crippen molar-refractivity contribution in [2.45, 2.75) is 32.1 Å². The summed E-state index contributed by atoms with van der Waals surface area (Å²) in [5, 5.41) is 2.11. The van der Waals surface area contributed by atoms with Crippen molar-refractivity contribution >= 4 is 11.9 Å². The van der Waals surface area contributed by atoms with Crippen LogP contribution in [0, 0.1) is 5.92 Å². The number of imide groups is 1. The molecule has 1 aliphatic rings. The first-order valence-electron chi connectivity index (χ1n) is 4.30. The minimum absolute atomic E-state index is 0.00579. The largest absolute Gasteiger partial charge is 0.351 e. The minimum Gasteiger partial charge on any atom is -0.351 e. The highest BCUT2D eigenvalue weighted by molar-refractivity contribution is 5.94. The van der Waals surface area contributed by atoms with Crippen molar-refractivity contribution in [2.75, 3.05) is 0 Å². The number of rotatable bonds is 1. The molecule has 0 aromatic heterocycles. The summed E-state index contributed by atoms with van der Waals surface area (Å²) in [6.45, 7) is 0. The molecule has 1 rings (SSSR count). The van der Waals surface area contributed by atoms with Crippen LogP contribution in [0.4, 0.5) is 4.79 Å². The van der Waals surface area contributed by atoms with Crippen LogP contribution in [-0.2, 0) is 4.79 Å². The summed E-state index contributed by atoms with van der Waals surface area (Å²) in [5.74, 6) is -0.201. The summed E-state index contributed by atoms with van der Waals surface area (Å²) in [6.07, 6.45) is 5.13. The molecule has 0 atom stereocenters. The van der Waals surface area contributed by atoms with Crippen LogP contribution < -0.4 is 11.1 Å². The van der Waals surface area contributed by atoms with Gasteiger partial charge in [0.15, 0.2) is 0 Å². The normalized spacial score (nSPS) is 18.7. The molecule has 1 saturated carbocycles. The molecule has 0 aliphatic heterocycles. The van der Waals surface area contributed by atoms with Crippen molar-refractivity contribution in [1.29, 1.82) is 0 Å². The minimum atomic E-state index is -0.745. The Morgan fingerprint density at radius 3 is 2.25 bits per heavy atom. The van der Waals surface area contributed by atoms with Gasteiger partial charge in [-0.2, -0.15) is 0 Å². The van der Waals surface area contributed by atoms with Gasteiger partial charge in [-0.25, -0.2) is 4.79 Å². The molecule has 12 heavy (non-hydrogen) atoms. The summed E-state index contributed by atoms with van der Waals surface area (Å²) in [5.41, 5.74) is 4.83. The molecule has 4 heteroatoms. The molecule has 3 amide bonds. The van der Waals surface area contributed by atoms with Crippen LogP contribution in [0.1, 0.15) is 32.1 Å². The Morgan fingerprint density at radius 1 is 1.17 bits per heavy atom. The predicted molar refractivity (Wildman–Crippen MR) is 44.3 cm³/mol. The molecule has 4 nitrogen and oxygen atoms in total. The SMILES string of the molecule is NC(=O)NC(=O)C1CCCCC1.